The summed E-state index contributed by atoms with van der Waals surface area (Å²) >= 11 is 12.2. The summed E-state index contributed by atoms with van der Waals surface area (Å²) < 4.78 is 0. The minimum Gasteiger partial charge on any atom is -0.327 e. The first-order valence-corrected chi connectivity index (χ1v) is 6.05. The predicted molar refractivity (Wildman–Crippen MR) is 65.6 cm³/mol. The van der Waals surface area contributed by atoms with Crippen molar-refractivity contribution in [3.8, 4) is 0 Å². The molecule has 82 valence electrons. The summed E-state index contributed by atoms with van der Waals surface area (Å²) in [5.74, 6) is 0.951. The molecule has 0 saturated heterocycles. The van der Waals surface area contributed by atoms with Crippen LogP contribution in [0.3, 0.4) is 0 Å². The number of benzene rings is 1. The molecular weight excluding hydrogens is 229 g/mol. The molecule has 0 bridgehead atoms. The third kappa shape index (κ3) is 2.15. The van der Waals surface area contributed by atoms with Crippen LogP contribution < -0.4 is 5.73 Å². The van der Waals surface area contributed by atoms with Gasteiger partial charge in [0.2, 0.25) is 0 Å². The van der Waals surface area contributed by atoms with Crippen LogP contribution in [0, 0.1) is 5.92 Å². The molecule has 3 heteroatoms. The zero-order valence-electron chi connectivity index (χ0n) is 8.71. The maximum absolute atomic E-state index is 6.19. The summed E-state index contributed by atoms with van der Waals surface area (Å²) in [4.78, 5) is 0. The summed E-state index contributed by atoms with van der Waals surface area (Å²) in [5, 5.41) is 1.56. The fourth-order valence-corrected chi connectivity index (χ4v) is 2.87. The van der Waals surface area contributed by atoms with Crippen LogP contribution in [0.5, 0.6) is 0 Å². The average molecular weight is 244 g/mol. The van der Waals surface area contributed by atoms with Gasteiger partial charge in [-0.1, -0.05) is 30.1 Å². The lowest BCUT2D eigenvalue weighted by Crippen LogP contribution is -2.24. The number of rotatable bonds is 1. The van der Waals surface area contributed by atoms with Crippen LogP contribution >= 0.6 is 23.2 Å². The number of halogens is 2. The molecule has 0 aromatic heterocycles. The molecule has 15 heavy (non-hydrogen) atoms. The molecule has 0 radical (unpaired) electrons. The highest BCUT2D eigenvalue weighted by Gasteiger charge is 2.32. The Morgan fingerprint density at radius 3 is 2.60 bits per heavy atom. The minimum atomic E-state index is 0.296. The average Bonchev–Trinajstić information content (AvgIpc) is 2.52. The van der Waals surface area contributed by atoms with Crippen LogP contribution in [0.4, 0.5) is 0 Å². The SMILES string of the molecule is CC1C(N)CCC1c1cc(Cl)ccc1Cl. The van der Waals surface area contributed by atoms with Crippen molar-refractivity contribution in [2.45, 2.75) is 31.7 Å². The maximum Gasteiger partial charge on any atom is 0.0441 e. The van der Waals surface area contributed by atoms with Gasteiger partial charge < -0.3 is 5.73 Å². The van der Waals surface area contributed by atoms with Gasteiger partial charge in [0.25, 0.3) is 0 Å². The van der Waals surface area contributed by atoms with Crippen LogP contribution in [-0.4, -0.2) is 6.04 Å². The first-order chi connectivity index (χ1) is 7.09. The summed E-state index contributed by atoms with van der Waals surface area (Å²) in [7, 11) is 0. The largest absolute Gasteiger partial charge is 0.327 e. The molecule has 1 aliphatic rings. The van der Waals surface area contributed by atoms with Gasteiger partial charge in [-0.25, -0.2) is 0 Å². The zero-order valence-corrected chi connectivity index (χ0v) is 10.2. The molecule has 3 atom stereocenters. The second-order valence-electron chi connectivity index (χ2n) is 4.37. The second kappa shape index (κ2) is 4.32. The molecule has 1 saturated carbocycles. The van der Waals surface area contributed by atoms with Crippen LogP contribution in [0.15, 0.2) is 18.2 Å². The Hall–Kier alpha value is -0.240. The number of hydrogen-bond acceptors (Lipinski definition) is 1. The Morgan fingerprint density at radius 2 is 2.00 bits per heavy atom. The van der Waals surface area contributed by atoms with E-state index in [0.717, 1.165) is 28.5 Å². The number of hydrogen-bond donors (Lipinski definition) is 1. The lowest BCUT2D eigenvalue weighted by Gasteiger charge is -2.19. The lowest BCUT2D eigenvalue weighted by molar-refractivity contribution is 0.479. The monoisotopic (exact) mass is 243 g/mol. The molecule has 0 heterocycles. The highest BCUT2D eigenvalue weighted by Crippen LogP contribution is 2.42. The van der Waals surface area contributed by atoms with Gasteiger partial charge >= 0.3 is 0 Å². The minimum absolute atomic E-state index is 0.296. The van der Waals surface area contributed by atoms with E-state index in [0.29, 0.717) is 17.9 Å². The van der Waals surface area contributed by atoms with E-state index in [4.69, 9.17) is 28.9 Å². The van der Waals surface area contributed by atoms with Gasteiger partial charge in [-0.3, -0.25) is 0 Å². The molecule has 3 unspecified atom stereocenters. The molecule has 1 aromatic carbocycles. The van der Waals surface area contributed by atoms with Crippen LogP contribution in [0.25, 0.3) is 0 Å². The predicted octanol–water partition coefficient (Wildman–Crippen LogP) is 3.83. The fourth-order valence-electron chi connectivity index (χ4n) is 2.43. The van der Waals surface area contributed by atoms with E-state index in [1.165, 1.54) is 0 Å². The van der Waals surface area contributed by atoms with Gasteiger partial charge in [0.1, 0.15) is 0 Å². The van der Waals surface area contributed by atoms with E-state index in [2.05, 4.69) is 6.92 Å². The van der Waals surface area contributed by atoms with E-state index < -0.39 is 0 Å². The van der Waals surface area contributed by atoms with Crippen molar-refractivity contribution in [1.82, 2.24) is 0 Å². The molecule has 1 fully saturated rings. The van der Waals surface area contributed by atoms with Crippen molar-refractivity contribution in [2.24, 2.45) is 11.7 Å². The van der Waals surface area contributed by atoms with Gasteiger partial charge in [0.05, 0.1) is 0 Å². The van der Waals surface area contributed by atoms with Crippen molar-refractivity contribution in [3.63, 3.8) is 0 Å². The molecule has 0 amide bonds. The van der Waals surface area contributed by atoms with Gasteiger partial charge in [0.15, 0.2) is 0 Å². The fraction of sp³-hybridized carbons (Fsp3) is 0.500. The van der Waals surface area contributed by atoms with E-state index in [1.807, 2.05) is 18.2 Å². The maximum atomic E-state index is 6.19. The van der Waals surface area contributed by atoms with Crippen molar-refractivity contribution >= 4 is 23.2 Å². The van der Waals surface area contributed by atoms with E-state index in [1.54, 1.807) is 0 Å². The van der Waals surface area contributed by atoms with E-state index in [-0.39, 0.29) is 0 Å². The highest BCUT2D eigenvalue weighted by atomic mass is 35.5. The van der Waals surface area contributed by atoms with Crippen LogP contribution in [-0.2, 0) is 0 Å². The molecule has 1 nitrogen and oxygen atoms in total. The Balaban J connectivity index is 2.33. The Bertz CT molecular complexity index is 365. The van der Waals surface area contributed by atoms with Crippen molar-refractivity contribution in [1.29, 1.82) is 0 Å². The number of nitrogens with two attached hydrogens (primary N) is 1. The molecule has 1 aromatic rings. The second-order valence-corrected chi connectivity index (χ2v) is 5.22. The quantitative estimate of drug-likeness (QED) is 0.798. The Morgan fingerprint density at radius 1 is 1.27 bits per heavy atom. The summed E-state index contributed by atoms with van der Waals surface area (Å²) in [6, 6.07) is 5.97. The highest BCUT2D eigenvalue weighted by molar-refractivity contribution is 6.33. The molecule has 1 aliphatic carbocycles. The van der Waals surface area contributed by atoms with Crippen molar-refractivity contribution in [3.05, 3.63) is 33.8 Å². The third-order valence-corrected chi connectivity index (χ3v) is 4.06. The lowest BCUT2D eigenvalue weighted by atomic mass is 9.89. The molecule has 2 N–H and O–H groups in total. The van der Waals surface area contributed by atoms with E-state index >= 15 is 0 Å². The van der Waals surface area contributed by atoms with Gasteiger partial charge in [-0.2, -0.15) is 0 Å². The Kier molecular flexibility index (Phi) is 3.24. The van der Waals surface area contributed by atoms with Gasteiger partial charge in [-0.15, -0.1) is 0 Å². The summed E-state index contributed by atoms with van der Waals surface area (Å²) in [5.41, 5.74) is 7.18. The third-order valence-electron chi connectivity index (χ3n) is 3.48. The van der Waals surface area contributed by atoms with Crippen molar-refractivity contribution in [2.75, 3.05) is 0 Å². The topological polar surface area (TPSA) is 26.0 Å². The van der Waals surface area contributed by atoms with Gasteiger partial charge in [0, 0.05) is 16.1 Å². The van der Waals surface area contributed by atoms with Gasteiger partial charge in [-0.05, 0) is 48.4 Å². The molecule has 2 rings (SSSR count). The molecule has 0 spiro atoms. The van der Waals surface area contributed by atoms with Crippen LogP contribution in [0.1, 0.15) is 31.2 Å². The smallest absolute Gasteiger partial charge is 0.0441 e. The Labute approximate surface area is 101 Å². The summed E-state index contributed by atoms with van der Waals surface area (Å²) in [6.07, 6.45) is 2.19. The first-order valence-electron chi connectivity index (χ1n) is 5.30. The summed E-state index contributed by atoms with van der Waals surface area (Å²) in [6.45, 7) is 2.19. The normalized spacial score (nSPS) is 30.8. The van der Waals surface area contributed by atoms with E-state index in [9.17, 15) is 0 Å². The van der Waals surface area contributed by atoms with Crippen molar-refractivity contribution < 1.29 is 0 Å². The molecular formula is C12H15Cl2N. The zero-order chi connectivity index (χ0) is 11.0. The molecule has 0 aliphatic heterocycles. The standard InChI is InChI=1S/C12H15Cl2N/c1-7-9(3-5-12(7)15)10-6-8(13)2-4-11(10)14/h2,4,6-7,9,12H,3,5,15H2,1H3. The first kappa shape index (κ1) is 11.3. The van der Waals surface area contributed by atoms with Crippen LogP contribution in [0.2, 0.25) is 10.0 Å².